The van der Waals surface area contributed by atoms with E-state index in [0.717, 1.165) is 23.2 Å². The highest BCUT2D eigenvalue weighted by Crippen LogP contribution is 2.19. The molecule has 1 aliphatic heterocycles. The lowest BCUT2D eigenvalue weighted by Gasteiger charge is -2.30. The normalized spacial score (nSPS) is 17.9. The maximum absolute atomic E-state index is 12.6. The molecule has 1 aromatic heterocycles. The summed E-state index contributed by atoms with van der Waals surface area (Å²) in [7, 11) is 2.16. The molecule has 6 heteroatoms. The Kier molecular flexibility index (Phi) is 6.04. The van der Waals surface area contributed by atoms with Crippen molar-refractivity contribution in [3.63, 3.8) is 0 Å². The number of hydrogen-bond donors (Lipinski definition) is 2. The van der Waals surface area contributed by atoms with Crippen LogP contribution in [0.15, 0.2) is 47.1 Å². The molecule has 0 spiro atoms. The van der Waals surface area contributed by atoms with E-state index in [4.69, 9.17) is 0 Å². The number of pyridine rings is 1. The van der Waals surface area contributed by atoms with Crippen molar-refractivity contribution >= 4 is 33.3 Å². The Balaban J connectivity index is 1.65. The largest absolute Gasteiger partial charge is 0.369 e. The van der Waals surface area contributed by atoms with E-state index in [0.29, 0.717) is 17.3 Å². The predicted molar refractivity (Wildman–Crippen MR) is 105 cm³/mol. The summed E-state index contributed by atoms with van der Waals surface area (Å²) in [6.07, 6.45) is 4.15. The van der Waals surface area contributed by atoms with E-state index in [1.54, 1.807) is 18.3 Å². The topological polar surface area (TPSA) is 57.3 Å². The molecule has 0 radical (unpaired) electrons. The number of benzene rings is 1. The van der Waals surface area contributed by atoms with Crippen molar-refractivity contribution in [1.82, 2.24) is 9.88 Å². The van der Waals surface area contributed by atoms with Gasteiger partial charge in [0.15, 0.2) is 0 Å². The van der Waals surface area contributed by atoms with Crippen molar-refractivity contribution < 1.29 is 4.79 Å². The van der Waals surface area contributed by atoms with Gasteiger partial charge in [-0.15, -0.1) is 0 Å². The fourth-order valence-electron chi connectivity index (χ4n) is 3.14. The van der Waals surface area contributed by atoms with Gasteiger partial charge in [-0.1, -0.05) is 15.9 Å². The first kappa shape index (κ1) is 17.9. The number of nitrogens with zero attached hydrogens (tertiary/aromatic N) is 2. The summed E-state index contributed by atoms with van der Waals surface area (Å²) in [6.45, 7) is 3.08. The van der Waals surface area contributed by atoms with Crippen molar-refractivity contribution in [3.05, 3.63) is 52.6 Å². The first-order chi connectivity index (χ1) is 12.1. The molecule has 1 saturated heterocycles. The lowest BCUT2D eigenvalue weighted by atomic mass is 9.98. The summed E-state index contributed by atoms with van der Waals surface area (Å²) in [5.74, 6) is 1.08. The molecule has 25 heavy (non-hydrogen) atoms. The molecule has 2 aromatic rings. The number of nitrogens with one attached hydrogen (secondary N) is 2. The summed E-state index contributed by atoms with van der Waals surface area (Å²) in [5.41, 5.74) is 1.33. The third-order valence-corrected chi connectivity index (χ3v) is 4.96. The Labute approximate surface area is 157 Å². The van der Waals surface area contributed by atoms with Crippen molar-refractivity contribution in [2.45, 2.75) is 12.8 Å². The summed E-state index contributed by atoms with van der Waals surface area (Å²) in [6, 6.07) is 11.1. The van der Waals surface area contributed by atoms with E-state index in [1.807, 2.05) is 24.3 Å². The average molecular weight is 403 g/mol. The fourth-order valence-corrected chi connectivity index (χ4v) is 3.41. The molecule has 1 atom stereocenters. The summed E-state index contributed by atoms with van der Waals surface area (Å²) >= 11 is 3.39. The van der Waals surface area contributed by atoms with Gasteiger partial charge in [-0.2, -0.15) is 0 Å². The van der Waals surface area contributed by atoms with Crippen LogP contribution in [0.1, 0.15) is 23.2 Å². The number of piperidine rings is 1. The van der Waals surface area contributed by atoms with Gasteiger partial charge < -0.3 is 15.5 Å². The second kappa shape index (κ2) is 8.45. The van der Waals surface area contributed by atoms with Crippen LogP contribution in [-0.4, -0.2) is 42.5 Å². The van der Waals surface area contributed by atoms with E-state index >= 15 is 0 Å². The number of likely N-dealkylation sites (tertiary alicyclic amines) is 1. The van der Waals surface area contributed by atoms with Crippen LogP contribution in [0.5, 0.6) is 0 Å². The Hall–Kier alpha value is -1.92. The lowest BCUT2D eigenvalue weighted by molar-refractivity contribution is 0.102. The molecule has 1 amide bonds. The third-order valence-electron chi connectivity index (χ3n) is 4.43. The zero-order chi connectivity index (χ0) is 17.6. The summed E-state index contributed by atoms with van der Waals surface area (Å²) in [5, 5.41) is 6.30. The maximum Gasteiger partial charge on any atom is 0.259 e. The predicted octanol–water partition coefficient (Wildman–Crippen LogP) is 3.85. The quantitative estimate of drug-likeness (QED) is 0.797. The van der Waals surface area contributed by atoms with E-state index < -0.39 is 0 Å². The first-order valence-corrected chi connectivity index (χ1v) is 9.35. The van der Waals surface area contributed by atoms with Crippen molar-refractivity contribution in [2.75, 3.05) is 37.3 Å². The second-order valence-electron chi connectivity index (χ2n) is 6.51. The molecular weight excluding hydrogens is 380 g/mol. The Morgan fingerprint density at radius 3 is 2.88 bits per heavy atom. The molecule has 0 saturated carbocycles. The van der Waals surface area contributed by atoms with Crippen LogP contribution in [-0.2, 0) is 0 Å². The molecule has 3 rings (SSSR count). The Bertz CT molecular complexity index is 720. The van der Waals surface area contributed by atoms with Gasteiger partial charge in [-0.05, 0) is 68.8 Å². The van der Waals surface area contributed by atoms with Gasteiger partial charge in [-0.25, -0.2) is 4.98 Å². The monoisotopic (exact) mass is 402 g/mol. The van der Waals surface area contributed by atoms with Gasteiger partial charge in [0.2, 0.25) is 0 Å². The molecule has 1 aromatic carbocycles. The van der Waals surface area contributed by atoms with Crippen LogP contribution < -0.4 is 10.6 Å². The number of halogens is 1. The van der Waals surface area contributed by atoms with Crippen molar-refractivity contribution in [3.8, 4) is 0 Å². The van der Waals surface area contributed by atoms with Gasteiger partial charge in [0.05, 0.1) is 5.56 Å². The zero-order valence-corrected chi connectivity index (χ0v) is 15.9. The summed E-state index contributed by atoms with van der Waals surface area (Å²) in [4.78, 5) is 19.3. The molecule has 1 aliphatic rings. The van der Waals surface area contributed by atoms with Gasteiger partial charge in [0, 0.05) is 29.4 Å². The van der Waals surface area contributed by atoms with E-state index in [9.17, 15) is 4.79 Å². The van der Waals surface area contributed by atoms with Crippen LogP contribution in [0.4, 0.5) is 11.5 Å². The van der Waals surface area contributed by atoms with E-state index in [1.165, 1.54) is 19.4 Å². The molecule has 2 N–H and O–H groups in total. The van der Waals surface area contributed by atoms with Crippen LogP contribution in [0, 0.1) is 5.92 Å². The first-order valence-electron chi connectivity index (χ1n) is 8.56. The number of aromatic nitrogens is 1. The van der Waals surface area contributed by atoms with Gasteiger partial charge in [-0.3, -0.25) is 4.79 Å². The van der Waals surface area contributed by atoms with Crippen molar-refractivity contribution in [2.24, 2.45) is 5.92 Å². The molecule has 5 nitrogen and oxygen atoms in total. The fraction of sp³-hybridized carbons (Fsp3) is 0.368. The zero-order valence-electron chi connectivity index (χ0n) is 14.3. The number of hydrogen-bond acceptors (Lipinski definition) is 4. The number of carbonyl (C=O) groups excluding carboxylic acids is 1. The van der Waals surface area contributed by atoms with E-state index in [-0.39, 0.29) is 5.91 Å². The molecule has 132 valence electrons. The number of carbonyl (C=O) groups is 1. The van der Waals surface area contributed by atoms with E-state index in [2.05, 4.69) is 43.5 Å². The standard InChI is InChI=1S/C19H23BrN4O/c1-24-11-3-4-14(13-24)12-22-18-17(5-2-10-21-18)19(25)23-16-8-6-15(20)7-9-16/h2,5-10,14H,3-4,11-13H2,1H3,(H,21,22)(H,23,25). The second-order valence-corrected chi connectivity index (χ2v) is 7.43. The maximum atomic E-state index is 12.6. The highest BCUT2D eigenvalue weighted by atomic mass is 79.9. The summed E-state index contributed by atoms with van der Waals surface area (Å²) < 4.78 is 0.978. The van der Waals surface area contributed by atoms with Crippen LogP contribution >= 0.6 is 15.9 Å². The Morgan fingerprint density at radius 2 is 2.12 bits per heavy atom. The minimum atomic E-state index is -0.154. The molecule has 1 unspecified atom stereocenters. The Morgan fingerprint density at radius 1 is 1.32 bits per heavy atom. The van der Waals surface area contributed by atoms with Gasteiger partial charge in [0.25, 0.3) is 5.91 Å². The van der Waals surface area contributed by atoms with Gasteiger partial charge in [0.1, 0.15) is 5.82 Å². The van der Waals surface area contributed by atoms with Crippen molar-refractivity contribution in [1.29, 1.82) is 0 Å². The molecule has 0 bridgehead atoms. The molecule has 0 aliphatic carbocycles. The highest BCUT2D eigenvalue weighted by molar-refractivity contribution is 9.10. The minimum Gasteiger partial charge on any atom is -0.369 e. The molecule has 1 fully saturated rings. The van der Waals surface area contributed by atoms with Crippen LogP contribution in [0.2, 0.25) is 0 Å². The average Bonchev–Trinajstić information content (AvgIpc) is 2.62. The van der Waals surface area contributed by atoms with Crippen LogP contribution in [0.3, 0.4) is 0 Å². The number of anilines is 2. The third kappa shape index (κ3) is 5.03. The minimum absolute atomic E-state index is 0.154. The highest BCUT2D eigenvalue weighted by Gasteiger charge is 2.18. The lowest BCUT2D eigenvalue weighted by Crippen LogP contribution is -2.35. The molecular formula is C19H23BrN4O. The van der Waals surface area contributed by atoms with Crippen LogP contribution in [0.25, 0.3) is 0 Å². The number of rotatable bonds is 5. The number of amides is 1. The van der Waals surface area contributed by atoms with Gasteiger partial charge >= 0.3 is 0 Å². The smallest absolute Gasteiger partial charge is 0.259 e. The SMILES string of the molecule is CN1CCCC(CNc2ncccc2C(=O)Nc2ccc(Br)cc2)C1. The molecule has 2 heterocycles.